The van der Waals surface area contributed by atoms with Gasteiger partial charge in [0.2, 0.25) is 5.78 Å². The van der Waals surface area contributed by atoms with E-state index >= 15 is 0 Å². The predicted molar refractivity (Wildman–Crippen MR) is 106 cm³/mol. The maximum atomic E-state index is 9.84. The van der Waals surface area contributed by atoms with Crippen molar-refractivity contribution >= 4 is 54.0 Å². The second-order valence-electron chi connectivity index (χ2n) is 7.08. The number of hydrogen-bond donors (Lipinski definition) is 1. The maximum Gasteiger partial charge on any atom is 0.236 e. The summed E-state index contributed by atoms with van der Waals surface area (Å²) in [5.74, 6) is 1.33. The summed E-state index contributed by atoms with van der Waals surface area (Å²) in [6.45, 7) is 1.39. The zero-order valence-corrected chi connectivity index (χ0v) is 14.4. The Bertz CT molecular complexity index is 945. The van der Waals surface area contributed by atoms with Gasteiger partial charge < -0.3 is 10.0 Å². The first kappa shape index (κ1) is 17.5. The van der Waals surface area contributed by atoms with Crippen LogP contribution in [-0.2, 0) is 0 Å². The highest BCUT2D eigenvalue weighted by Crippen LogP contribution is 2.42. The van der Waals surface area contributed by atoms with Crippen LogP contribution in [0.1, 0.15) is 12.8 Å². The second kappa shape index (κ2) is 6.08. The molecule has 5 nitrogen and oxygen atoms in total. The van der Waals surface area contributed by atoms with E-state index in [-0.39, 0.29) is 5.92 Å². The van der Waals surface area contributed by atoms with E-state index in [1.54, 1.807) is 0 Å². The number of aromatic nitrogens is 3. The molecule has 2 aromatic heterocycles. The third-order valence-corrected chi connectivity index (χ3v) is 5.35. The van der Waals surface area contributed by atoms with E-state index in [1.165, 1.54) is 0 Å². The van der Waals surface area contributed by atoms with E-state index in [9.17, 15) is 5.11 Å². The molecule has 9 heteroatoms. The fourth-order valence-electron chi connectivity index (χ4n) is 3.63. The molecular formula is C17H16B4N4O. The Labute approximate surface area is 157 Å². The van der Waals surface area contributed by atoms with Crippen molar-refractivity contribution in [3.05, 3.63) is 36.5 Å². The van der Waals surface area contributed by atoms with Gasteiger partial charge in [-0.2, -0.15) is 4.98 Å². The first-order chi connectivity index (χ1) is 12.3. The number of aliphatic hydroxyl groups is 1. The molecule has 1 N–H and O–H groups in total. The van der Waals surface area contributed by atoms with Crippen molar-refractivity contribution in [2.75, 3.05) is 18.0 Å². The average molecular weight is 336 g/mol. The van der Waals surface area contributed by atoms with Gasteiger partial charge in [-0.25, -0.2) is 4.98 Å². The van der Waals surface area contributed by atoms with Crippen LogP contribution in [0.2, 0.25) is 5.21 Å². The zero-order chi connectivity index (χ0) is 18.5. The third kappa shape index (κ3) is 2.82. The summed E-state index contributed by atoms with van der Waals surface area (Å²) in [6.07, 6.45) is 3.30. The standard InChI is InChI=1S/C17H16B4N4O/c18-16(19,17(20,21)26)11-5-8-24(9-6-11)14-7-10-25-13-4-2-1-3-12(13)22-15(25)23-14/h1-4,7,10-11,26H,5-6,8-9H2. The van der Waals surface area contributed by atoms with Crippen LogP contribution in [0, 0.1) is 5.92 Å². The first-order valence-corrected chi connectivity index (χ1v) is 8.64. The molecule has 3 heterocycles. The lowest BCUT2D eigenvalue weighted by Gasteiger charge is -2.49. The smallest absolute Gasteiger partial charge is 0.236 e. The Morgan fingerprint density at radius 2 is 1.69 bits per heavy atom. The lowest BCUT2D eigenvalue weighted by Crippen LogP contribution is -2.52. The van der Waals surface area contributed by atoms with Gasteiger partial charge >= 0.3 is 0 Å². The van der Waals surface area contributed by atoms with Crippen molar-refractivity contribution in [2.24, 2.45) is 5.92 Å². The molecular weight excluding hydrogens is 319 g/mol. The van der Waals surface area contributed by atoms with Gasteiger partial charge in [0.15, 0.2) is 0 Å². The van der Waals surface area contributed by atoms with Crippen molar-refractivity contribution in [1.82, 2.24) is 14.4 Å². The lowest BCUT2D eigenvalue weighted by atomic mass is 9.31. The summed E-state index contributed by atoms with van der Waals surface area (Å²) in [7, 11) is 23.1. The molecule has 1 aliphatic heterocycles. The van der Waals surface area contributed by atoms with Crippen LogP contribution in [-0.4, -0.2) is 69.3 Å². The predicted octanol–water partition coefficient (Wildman–Crippen LogP) is 0.535. The fourth-order valence-corrected chi connectivity index (χ4v) is 3.63. The summed E-state index contributed by atoms with van der Waals surface area (Å²) in [6, 6.07) is 9.91. The third-order valence-electron chi connectivity index (χ3n) is 5.35. The van der Waals surface area contributed by atoms with E-state index < -0.39 is 10.6 Å². The number of imidazole rings is 1. The molecule has 1 aliphatic rings. The molecule has 1 aromatic carbocycles. The Hall–Kier alpha value is -1.88. The van der Waals surface area contributed by atoms with E-state index in [4.69, 9.17) is 31.4 Å². The Kier molecular flexibility index (Phi) is 4.10. The average Bonchev–Trinajstić information content (AvgIpc) is 2.98. The van der Waals surface area contributed by atoms with Gasteiger partial charge in [0, 0.05) is 19.3 Å². The minimum Gasteiger partial charge on any atom is -0.410 e. The number of hydrogen-bond acceptors (Lipinski definition) is 4. The van der Waals surface area contributed by atoms with Crippen LogP contribution in [0.3, 0.4) is 0 Å². The van der Waals surface area contributed by atoms with Crippen molar-refractivity contribution in [3.63, 3.8) is 0 Å². The molecule has 122 valence electrons. The summed E-state index contributed by atoms with van der Waals surface area (Å²) < 4.78 is 1.97. The molecule has 0 saturated carbocycles. The molecule has 3 aromatic rings. The van der Waals surface area contributed by atoms with Crippen LogP contribution < -0.4 is 4.90 Å². The molecule has 1 fully saturated rings. The highest BCUT2D eigenvalue weighted by Gasteiger charge is 2.40. The van der Waals surface area contributed by atoms with Gasteiger partial charge in [-0.15, -0.1) is 0 Å². The molecule has 1 saturated heterocycles. The van der Waals surface area contributed by atoms with Crippen molar-refractivity contribution in [3.8, 4) is 0 Å². The molecule has 0 spiro atoms. The molecule has 0 aliphatic carbocycles. The van der Waals surface area contributed by atoms with Crippen molar-refractivity contribution in [2.45, 2.75) is 23.5 Å². The molecule has 8 radical (unpaired) electrons. The van der Waals surface area contributed by atoms with Crippen molar-refractivity contribution < 1.29 is 5.11 Å². The normalized spacial score (nSPS) is 17.2. The van der Waals surface area contributed by atoms with Gasteiger partial charge in [0.25, 0.3) is 0 Å². The molecule has 0 bridgehead atoms. The van der Waals surface area contributed by atoms with Crippen LogP contribution in [0.25, 0.3) is 16.8 Å². The number of nitrogens with zero attached hydrogens (tertiary/aromatic N) is 4. The van der Waals surface area contributed by atoms with Crippen LogP contribution in [0.5, 0.6) is 0 Å². The summed E-state index contributed by atoms with van der Waals surface area (Å²) >= 11 is 0. The Morgan fingerprint density at radius 1 is 1.00 bits per heavy atom. The zero-order valence-electron chi connectivity index (χ0n) is 14.4. The Balaban J connectivity index is 1.55. The van der Waals surface area contributed by atoms with Gasteiger partial charge in [0.1, 0.15) is 5.82 Å². The number of benzene rings is 1. The van der Waals surface area contributed by atoms with Gasteiger partial charge in [-0.05, 0) is 42.4 Å². The van der Waals surface area contributed by atoms with Gasteiger partial charge in [-0.1, -0.05) is 17.3 Å². The molecule has 26 heavy (non-hydrogen) atoms. The number of para-hydroxylation sites is 2. The number of rotatable bonds is 3. The van der Waals surface area contributed by atoms with Crippen LogP contribution in [0.4, 0.5) is 5.82 Å². The number of piperidine rings is 1. The number of fused-ring (bicyclic) bond motifs is 3. The summed E-state index contributed by atoms with van der Waals surface area (Å²) in [5, 5.41) is 6.17. The van der Waals surface area contributed by atoms with E-state index in [0.29, 0.717) is 31.7 Å². The highest BCUT2D eigenvalue weighted by atomic mass is 16.3. The summed E-state index contributed by atoms with van der Waals surface area (Å²) in [5.41, 5.74) is 1.94. The Morgan fingerprint density at radius 3 is 2.38 bits per heavy atom. The van der Waals surface area contributed by atoms with Crippen LogP contribution in [0.15, 0.2) is 36.5 Å². The molecule has 0 unspecified atom stereocenters. The minimum absolute atomic E-state index is 0.184. The van der Waals surface area contributed by atoms with E-state index in [2.05, 4.69) is 14.9 Å². The largest absolute Gasteiger partial charge is 0.410 e. The van der Waals surface area contributed by atoms with Gasteiger partial charge in [-0.3, -0.25) is 4.40 Å². The van der Waals surface area contributed by atoms with E-state index in [1.807, 2.05) is 40.9 Å². The lowest BCUT2D eigenvalue weighted by molar-refractivity contribution is 0.148. The monoisotopic (exact) mass is 336 g/mol. The summed E-state index contributed by atoms with van der Waals surface area (Å²) in [4.78, 5) is 11.4. The topological polar surface area (TPSA) is 53.7 Å². The highest BCUT2D eigenvalue weighted by molar-refractivity contribution is 6.53. The molecule has 4 rings (SSSR count). The molecule has 0 amide bonds. The van der Waals surface area contributed by atoms with E-state index in [0.717, 1.165) is 16.9 Å². The van der Waals surface area contributed by atoms with Crippen LogP contribution >= 0.6 is 0 Å². The van der Waals surface area contributed by atoms with Crippen molar-refractivity contribution in [1.29, 1.82) is 0 Å². The maximum absolute atomic E-state index is 9.84. The van der Waals surface area contributed by atoms with Gasteiger partial charge in [0.05, 0.1) is 42.4 Å². The number of anilines is 1. The second-order valence-corrected chi connectivity index (χ2v) is 7.08. The SMILES string of the molecule is [B]C([B])(O)C([B])([B])C1CCN(c2ccn3c(n2)nc2ccccc23)CC1. The fraction of sp³-hybridized carbons (Fsp3) is 0.412. The first-order valence-electron chi connectivity index (χ1n) is 8.64. The quantitative estimate of drug-likeness (QED) is 0.710. The molecule has 0 atom stereocenters. The minimum atomic E-state index is -2.12.